The molecule has 0 saturated carbocycles. The topological polar surface area (TPSA) is 133 Å². The molecule has 148 valence electrons. The molecule has 0 spiro atoms. The first-order chi connectivity index (χ1) is 13.0. The standard InChI is InChI=1S/C19H20N2O6S/c1-12(18(23)21-16-9-7-14(8-10-16)17(20)22)27-19(24)15-5-3-13(4-6-15)11-28(2,25)26/h3-10,12H,11H2,1-2H3,(H2,20,22)(H,21,23)/t12-/m1/s1. The third-order valence-electron chi connectivity index (χ3n) is 3.71. The fourth-order valence-electron chi connectivity index (χ4n) is 2.28. The van der Waals surface area contributed by atoms with Crippen molar-refractivity contribution in [2.45, 2.75) is 18.8 Å². The fourth-order valence-corrected chi connectivity index (χ4v) is 3.08. The summed E-state index contributed by atoms with van der Waals surface area (Å²) in [4.78, 5) is 35.4. The number of sulfone groups is 1. The summed E-state index contributed by atoms with van der Waals surface area (Å²) in [6, 6.07) is 11.9. The summed E-state index contributed by atoms with van der Waals surface area (Å²) in [5.41, 5.74) is 6.61. The molecule has 2 aromatic rings. The van der Waals surface area contributed by atoms with Crippen LogP contribution in [0.1, 0.15) is 33.2 Å². The molecule has 1 atom stereocenters. The van der Waals surface area contributed by atoms with Crippen LogP contribution in [0.4, 0.5) is 5.69 Å². The van der Waals surface area contributed by atoms with Gasteiger partial charge < -0.3 is 15.8 Å². The summed E-state index contributed by atoms with van der Waals surface area (Å²) >= 11 is 0. The first kappa shape index (κ1) is 21.1. The van der Waals surface area contributed by atoms with Crippen LogP contribution < -0.4 is 11.1 Å². The summed E-state index contributed by atoms with van der Waals surface area (Å²) in [5, 5.41) is 2.56. The monoisotopic (exact) mass is 404 g/mol. The summed E-state index contributed by atoms with van der Waals surface area (Å²) in [7, 11) is -3.17. The molecule has 0 bridgehead atoms. The SMILES string of the molecule is C[C@@H](OC(=O)c1ccc(CS(C)(=O)=O)cc1)C(=O)Nc1ccc(C(N)=O)cc1. The number of nitrogens with two attached hydrogens (primary N) is 1. The molecule has 0 aliphatic rings. The van der Waals surface area contributed by atoms with Crippen LogP contribution in [0.15, 0.2) is 48.5 Å². The predicted octanol–water partition coefficient (Wildman–Crippen LogP) is 1.51. The molecule has 0 radical (unpaired) electrons. The number of rotatable bonds is 7. The van der Waals surface area contributed by atoms with Crippen LogP contribution >= 0.6 is 0 Å². The van der Waals surface area contributed by atoms with Crippen LogP contribution in [0.2, 0.25) is 0 Å². The molecule has 0 aromatic heterocycles. The van der Waals surface area contributed by atoms with E-state index in [0.717, 1.165) is 6.26 Å². The minimum Gasteiger partial charge on any atom is -0.449 e. The fraction of sp³-hybridized carbons (Fsp3) is 0.211. The number of esters is 1. The maximum absolute atomic E-state index is 12.2. The van der Waals surface area contributed by atoms with Gasteiger partial charge in [0.05, 0.1) is 11.3 Å². The molecule has 0 unspecified atom stereocenters. The van der Waals surface area contributed by atoms with Crippen LogP contribution in [0.25, 0.3) is 0 Å². The van der Waals surface area contributed by atoms with Crippen molar-refractivity contribution in [1.82, 2.24) is 0 Å². The first-order valence-corrected chi connectivity index (χ1v) is 10.3. The Morgan fingerprint density at radius 1 is 1.00 bits per heavy atom. The van der Waals surface area contributed by atoms with Crippen LogP contribution in [0.3, 0.4) is 0 Å². The highest BCUT2D eigenvalue weighted by molar-refractivity contribution is 7.89. The van der Waals surface area contributed by atoms with Crippen molar-refractivity contribution < 1.29 is 27.5 Å². The number of benzene rings is 2. The molecule has 8 nitrogen and oxygen atoms in total. The summed E-state index contributed by atoms with van der Waals surface area (Å²) < 4.78 is 27.7. The molecule has 9 heteroatoms. The number of hydrogen-bond donors (Lipinski definition) is 2. The molecule has 0 fully saturated rings. The third-order valence-corrected chi connectivity index (χ3v) is 4.57. The average molecular weight is 404 g/mol. The quantitative estimate of drug-likeness (QED) is 0.672. The zero-order valence-electron chi connectivity index (χ0n) is 15.3. The highest BCUT2D eigenvalue weighted by Gasteiger charge is 2.19. The van der Waals surface area contributed by atoms with Crippen LogP contribution in [-0.4, -0.2) is 38.6 Å². The molecule has 28 heavy (non-hydrogen) atoms. The molecular weight excluding hydrogens is 384 g/mol. The average Bonchev–Trinajstić information content (AvgIpc) is 2.61. The molecule has 2 amide bonds. The number of nitrogens with one attached hydrogen (secondary N) is 1. The minimum absolute atomic E-state index is 0.129. The molecule has 0 saturated heterocycles. The Labute approximate surface area is 162 Å². The van der Waals surface area contributed by atoms with Crippen LogP contribution in [0.5, 0.6) is 0 Å². The van der Waals surface area contributed by atoms with Crippen molar-refractivity contribution >= 4 is 33.3 Å². The molecule has 0 aliphatic heterocycles. The van der Waals surface area contributed by atoms with Crippen molar-refractivity contribution in [1.29, 1.82) is 0 Å². The highest BCUT2D eigenvalue weighted by Crippen LogP contribution is 2.12. The van der Waals surface area contributed by atoms with E-state index >= 15 is 0 Å². The Balaban J connectivity index is 1.95. The Hall–Kier alpha value is -3.20. The number of primary amides is 1. The number of carbonyl (C=O) groups excluding carboxylic acids is 3. The Bertz CT molecular complexity index is 982. The van der Waals surface area contributed by atoms with E-state index in [0.29, 0.717) is 16.8 Å². The van der Waals surface area contributed by atoms with Crippen molar-refractivity contribution in [3.63, 3.8) is 0 Å². The van der Waals surface area contributed by atoms with Gasteiger partial charge in [-0.3, -0.25) is 9.59 Å². The van der Waals surface area contributed by atoms with Gasteiger partial charge in [-0.25, -0.2) is 13.2 Å². The molecule has 2 aromatic carbocycles. The zero-order chi connectivity index (χ0) is 20.9. The molecule has 2 rings (SSSR count). The van der Waals surface area contributed by atoms with E-state index in [9.17, 15) is 22.8 Å². The van der Waals surface area contributed by atoms with Crippen molar-refractivity contribution in [3.8, 4) is 0 Å². The van der Waals surface area contributed by atoms with Gasteiger partial charge in [-0.1, -0.05) is 12.1 Å². The van der Waals surface area contributed by atoms with E-state index in [1.54, 1.807) is 0 Å². The maximum atomic E-state index is 12.2. The predicted molar refractivity (Wildman–Crippen MR) is 103 cm³/mol. The number of anilines is 1. The summed E-state index contributed by atoms with van der Waals surface area (Å²) in [5.74, 6) is -1.97. The van der Waals surface area contributed by atoms with E-state index in [1.807, 2.05) is 0 Å². The number of carbonyl (C=O) groups is 3. The van der Waals surface area contributed by atoms with Gasteiger partial charge in [-0.05, 0) is 48.9 Å². The van der Waals surface area contributed by atoms with Gasteiger partial charge in [0.2, 0.25) is 5.91 Å². The number of amides is 2. The second-order valence-corrected chi connectivity index (χ2v) is 8.39. The second-order valence-electron chi connectivity index (χ2n) is 6.25. The highest BCUT2D eigenvalue weighted by atomic mass is 32.2. The van der Waals surface area contributed by atoms with Crippen molar-refractivity contribution in [3.05, 3.63) is 65.2 Å². The lowest BCUT2D eigenvalue weighted by atomic mass is 10.1. The van der Waals surface area contributed by atoms with Gasteiger partial charge in [0.15, 0.2) is 15.9 Å². The zero-order valence-corrected chi connectivity index (χ0v) is 16.2. The van der Waals surface area contributed by atoms with Gasteiger partial charge in [0.1, 0.15) is 0 Å². The van der Waals surface area contributed by atoms with Crippen molar-refractivity contribution in [2.75, 3.05) is 11.6 Å². The Morgan fingerprint density at radius 2 is 1.54 bits per heavy atom. The molecule has 0 aliphatic carbocycles. The van der Waals surface area contributed by atoms with Crippen molar-refractivity contribution in [2.24, 2.45) is 5.73 Å². The maximum Gasteiger partial charge on any atom is 0.338 e. The number of hydrogen-bond acceptors (Lipinski definition) is 6. The van der Waals surface area contributed by atoms with Crippen LogP contribution in [-0.2, 0) is 25.1 Å². The minimum atomic E-state index is -3.17. The normalized spacial score (nSPS) is 12.1. The third kappa shape index (κ3) is 6.20. The van der Waals surface area contributed by atoms with Gasteiger partial charge in [0.25, 0.3) is 5.91 Å². The van der Waals surface area contributed by atoms with E-state index in [-0.39, 0.29) is 11.3 Å². The molecular formula is C19H20N2O6S. The van der Waals surface area contributed by atoms with E-state index in [2.05, 4.69) is 5.32 Å². The lowest BCUT2D eigenvalue weighted by Gasteiger charge is -2.14. The van der Waals surface area contributed by atoms with Gasteiger partial charge in [0, 0.05) is 17.5 Å². The lowest BCUT2D eigenvalue weighted by Crippen LogP contribution is -2.30. The van der Waals surface area contributed by atoms with E-state index in [4.69, 9.17) is 10.5 Å². The Morgan fingerprint density at radius 3 is 2.04 bits per heavy atom. The van der Waals surface area contributed by atoms with Gasteiger partial charge in [-0.2, -0.15) is 0 Å². The summed E-state index contributed by atoms with van der Waals surface area (Å²) in [6.45, 7) is 1.42. The summed E-state index contributed by atoms with van der Waals surface area (Å²) in [6.07, 6.45) is 0.0516. The first-order valence-electron chi connectivity index (χ1n) is 8.23. The second kappa shape index (κ2) is 8.66. The van der Waals surface area contributed by atoms with Gasteiger partial charge >= 0.3 is 5.97 Å². The molecule has 0 heterocycles. The largest absolute Gasteiger partial charge is 0.449 e. The number of ether oxygens (including phenoxy) is 1. The lowest BCUT2D eigenvalue weighted by molar-refractivity contribution is -0.123. The van der Waals surface area contributed by atoms with Gasteiger partial charge in [-0.15, -0.1) is 0 Å². The van der Waals surface area contributed by atoms with Crippen LogP contribution in [0, 0.1) is 0 Å². The molecule has 3 N–H and O–H groups in total. The Kier molecular flexibility index (Phi) is 6.53. The van der Waals surface area contributed by atoms with E-state index < -0.39 is 33.7 Å². The van der Waals surface area contributed by atoms with E-state index in [1.165, 1.54) is 55.5 Å². The smallest absolute Gasteiger partial charge is 0.338 e.